The van der Waals surface area contributed by atoms with Gasteiger partial charge >= 0.3 is 0 Å². The van der Waals surface area contributed by atoms with E-state index in [4.69, 9.17) is 5.73 Å². The number of carbonyl (C=O) groups excluding carboxylic acids is 1. The van der Waals surface area contributed by atoms with Gasteiger partial charge in [0.25, 0.3) is 5.91 Å². The highest BCUT2D eigenvalue weighted by atomic mass is 16.1. The number of nitrogens with zero attached hydrogens (tertiary/aromatic N) is 4. The summed E-state index contributed by atoms with van der Waals surface area (Å²) < 4.78 is 0. The lowest BCUT2D eigenvalue weighted by Crippen LogP contribution is -2.13. The highest BCUT2D eigenvalue weighted by Gasteiger charge is 2.19. The van der Waals surface area contributed by atoms with Crippen molar-refractivity contribution in [1.82, 2.24) is 25.1 Å². The summed E-state index contributed by atoms with van der Waals surface area (Å²) in [6, 6.07) is 3.47. The summed E-state index contributed by atoms with van der Waals surface area (Å²) in [6.45, 7) is 6.13. The lowest BCUT2D eigenvalue weighted by atomic mass is 9.92. The predicted octanol–water partition coefficient (Wildman–Crippen LogP) is 2.13. The minimum Gasteiger partial charge on any atom is -0.368 e. The van der Waals surface area contributed by atoms with Crippen LogP contribution in [-0.2, 0) is 5.41 Å². The minimum atomic E-state index is -0.319. The molecule has 8 nitrogen and oxygen atoms in total. The number of H-pyrrole nitrogens is 1. The highest BCUT2D eigenvalue weighted by Crippen LogP contribution is 2.20. The molecular weight excluding hydrogens is 342 g/mol. The number of hydrogen-bond donors (Lipinski definition) is 3. The Morgan fingerprint density at radius 1 is 1.07 bits per heavy atom. The zero-order valence-corrected chi connectivity index (χ0v) is 15.2. The fraction of sp³-hybridized carbons (Fsp3) is 0.211. The average molecular weight is 361 g/mol. The number of nitrogens with two attached hydrogens (primary N) is 1. The molecule has 0 aliphatic rings. The van der Waals surface area contributed by atoms with Gasteiger partial charge in [0.2, 0.25) is 5.95 Å². The second-order valence-corrected chi connectivity index (χ2v) is 6.91. The van der Waals surface area contributed by atoms with Crippen LogP contribution in [0.5, 0.6) is 0 Å². The van der Waals surface area contributed by atoms with Crippen LogP contribution in [0.4, 0.5) is 11.6 Å². The third kappa shape index (κ3) is 4.67. The van der Waals surface area contributed by atoms with E-state index in [1.807, 2.05) is 20.8 Å². The smallest absolute Gasteiger partial charge is 0.276 e. The molecule has 0 aromatic carbocycles. The van der Waals surface area contributed by atoms with Gasteiger partial charge in [-0.25, -0.2) is 9.97 Å². The Hall–Kier alpha value is -3.73. The van der Waals surface area contributed by atoms with E-state index in [-0.39, 0.29) is 17.3 Å². The maximum absolute atomic E-state index is 12.4. The third-order valence-electron chi connectivity index (χ3n) is 3.64. The normalized spacial score (nSPS) is 10.8. The Morgan fingerprint density at radius 2 is 1.78 bits per heavy atom. The van der Waals surface area contributed by atoms with Gasteiger partial charge in [-0.05, 0) is 12.1 Å². The van der Waals surface area contributed by atoms with E-state index in [2.05, 4.69) is 42.3 Å². The van der Waals surface area contributed by atoms with Gasteiger partial charge in [0.05, 0.1) is 17.4 Å². The minimum absolute atomic E-state index is 0.117. The summed E-state index contributed by atoms with van der Waals surface area (Å²) in [4.78, 5) is 24.3. The molecule has 0 aliphatic carbocycles. The van der Waals surface area contributed by atoms with Crippen molar-refractivity contribution < 1.29 is 4.79 Å². The number of aromatic amines is 1. The van der Waals surface area contributed by atoms with Crippen molar-refractivity contribution >= 4 is 17.5 Å². The largest absolute Gasteiger partial charge is 0.368 e. The van der Waals surface area contributed by atoms with E-state index < -0.39 is 0 Å². The number of carbonyl (C=O) groups is 1. The molecule has 3 aromatic rings. The fourth-order valence-electron chi connectivity index (χ4n) is 2.14. The molecule has 0 spiro atoms. The predicted molar refractivity (Wildman–Crippen MR) is 102 cm³/mol. The van der Waals surface area contributed by atoms with Gasteiger partial charge in [-0.2, -0.15) is 5.10 Å². The molecule has 0 unspecified atom stereocenters. The Balaban J connectivity index is 1.73. The van der Waals surface area contributed by atoms with E-state index in [9.17, 15) is 4.79 Å². The van der Waals surface area contributed by atoms with Crippen LogP contribution in [0.2, 0.25) is 0 Å². The van der Waals surface area contributed by atoms with Crippen LogP contribution in [-0.4, -0.2) is 31.1 Å². The summed E-state index contributed by atoms with van der Waals surface area (Å²) in [5.74, 6) is 5.75. The lowest BCUT2D eigenvalue weighted by Gasteiger charge is -2.14. The second kappa shape index (κ2) is 7.25. The Bertz CT molecular complexity index is 1020. The maximum Gasteiger partial charge on any atom is 0.276 e. The van der Waals surface area contributed by atoms with Crippen LogP contribution in [0.15, 0.2) is 36.9 Å². The van der Waals surface area contributed by atoms with E-state index in [0.717, 1.165) is 5.69 Å². The van der Waals surface area contributed by atoms with Crippen LogP contribution in [0.25, 0.3) is 0 Å². The summed E-state index contributed by atoms with van der Waals surface area (Å²) >= 11 is 0. The molecule has 3 heterocycles. The summed E-state index contributed by atoms with van der Waals surface area (Å²) in [7, 11) is 0. The van der Waals surface area contributed by atoms with Crippen molar-refractivity contribution in [3.8, 4) is 11.8 Å². The van der Waals surface area contributed by atoms with E-state index in [1.165, 1.54) is 0 Å². The topological polar surface area (TPSA) is 122 Å². The molecule has 0 saturated carbocycles. The third-order valence-corrected chi connectivity index (χ3v) is 3.64. The quantitative estimate of drug-likeness (QED) is 0.601. The lowest BCUT2D eigenvalue weighted by molar-refractivity contribution is 0.102. The van der Waals surface area contributed by atoms with E-state index in [0.29, 0.717) is 22.5 Å². The van der Waals surface area contributed by atoms with E-state index in [1.54, 1.807) is 36.9 Å². The SMILES string of the molecule is CC(C)(C)c1cc(C(=O)Nc2cncc(C#Cc3cnc(N)nc3)c2)n[nH]1. The summed E-state index contributed by atoms with van der Waals surface area (Å²) in [5.41, 5.74) is 8.33. The molecule has 0 atom stereocenters. The molecule has 8 heteroatoms. The van der Waals surface area contributed by atoms with Crippen molar-refractivity contribution in [3.63, 3.8) is 0 Å². The standard InChI is InChI=1S/C19H19N7O/c1-19(2,3)16-7-15(25-26-16)17(27)24-14-6-12(8-21-11-14)4-5-13-9-22-18(20)23-10-13/h6-11H,1-3H3,(H,24,27)(H,25,26)(H2,20,22,23). The molecule has 27 heavy (non-hydrogen) atoms. The van der Waals surface area contributed by atoms with Crippen molar-refractivity contribution in [2.75, 3.05) is 11.1 Å². The molecule has 3 aromatic heterocycles. The fourth-order valence-corrected chi connectivity index (χ4v) is 2.14. The van der Waals surface area contributed by atoms with Gasteiger partial charge in [-0.1, -0.05) is 32.6 Å². The zero-order chi connectivity index (χ0) is 19.4. The number of aromatic nitrogens is 5. The van der Waals surface area contributed by atoms with Gasteiger partial charge in [0, 0.05) is 35.3 Å². The van der Waals surface area contributed by atoms with Crippen LogP contribution >= 0.6 is 0 Å². The monoisotopic (exact) mass is 361 g/mol. The molecule has 0 saturated heterocycles. The number of amides is 1. The van der Waals surface area contributed by atoms with Crippen molar-refractivity contribution in [3.05, 3.63) is 59.4 Å². The molecule has 0 radical (unpaired) electrons. The summed E-state index contributed by atoms with van der Waals surface area (Å²) in [5, 5.41) is 9.75. The first-order valence-electron chi connectivity index (χ1n) is 8.23. The number of rotatable bonds is 2. The first kappa shape index (κ1) is 18.1. The second-order valence-electron chi connectivity index (χ2n) is 6.91. The molecular formula is C19H19N7O. The molecule has 4 N–H and O–H groups in total. The molecule has 3 rings (SSSR count). The molecule has 0 fully saturated rings. The Kier molecular flexibility index (Phi) is 4.86. The van der Waals surface area contributed by atoms with Crippen LogP contribution in [0.1, 0.15) is 48.1 Å². The number of pyridine rings is 1. The highest BCUT2D eigenvalue weighted by molar-refractivity contribution is 6.02. The number of anilines is 2. The molecule has 136 valence electrons. The van der Waals surface area contributed by atoms with Gasteiger partial charge in [0.1, 0.15) is 0 Å². The first-order chi connectivity index (χ1) is 12.8. The van der Waals surface area contributed by atoms with Crippen LogP contribution in [0, 0.1) is 11.8 Å². The van der Waals surface area contributed by atoms with Gasteiger partial charge in [-0.3, -0.25) is 14.9 Å². The molecule has 0 aliphatic heterocycles. The maximum atomic E-state index is 12.4. The number of nitrogens with one attached hydrogen (secondary N) is 2. The van der Waals surface area contributed by atoms with Gasteiger partial charge in [0.15, 0.2) is 5.69 Å². The van der Waals surface area contributed by atoms with Crippen molar-refractivity contribution in [1.29, 1.82) is 0 Å². The van der Waals surface area contributed by atoms with Gasteiger partial charge < -0.3 is 11.1 Å². The molecule has 0 bridgehead atoms. The van der Waals surface area contributed by atoms with Crippen molar-refractivity contribution in [2.45, 2.75) is 26.2 Å². The number of nitrogen functional groups attached to an aromatic ring is 1. The first-order valence-corrected chi connectivity index (χ1v) is 8.23. The van der Waals surface area contributed by atoms with Crippen LogP contribution < -0.4 is 11.1 Å². The van der Waals surface area contributed by atoms with Crippen molar-refractivity contribution in [2.24, 2.45) is 0 Å². The van der Waals surface area contributed by atoms with Gasteiger partial charge in [-0.15, -0.1) is 0 Å². The average Bonchev–Trinajstić information content (AvgIpc) is 3.12. The Morgan fingerprint density at radius 3 is 2.44 bits per heavy atom. The Labute approximate surface area is 156 Å². The number of hydrogen-bond acceptors (Lipinski definition) is 6. The van der Waals surface area contributed by atoms with Crippen LogP contribution in [0.3, 0.4) is 0 Å². The van der Waals surface area contributed by atoms with E-state index >= 15 is 0 Å². The molecule has 1 amide bonds. The summed E-state index contributed by atoms with van der Waals surface area (Å²) in [6.07, 6.45) is 6.23. The zero-order valence-electron chi connectivity index (χ0n) is 15.2.